The molecule has 2 aliphatic heterocycles. The number of anilines is 3. The number of alkyl halides is 5. The van der Waals surface area contributed by atoms with Crippen molar-refractivity contribution in [3.8, 4) is 17.0 Å². The SMILES string of the molecule is COc1nc(N[C@H]2CCc3c(-c4cccc(Nc5nc(C(F)F)nc6cc(CN7CC[C@@H](O)C7)cnc56)c4Cl)cccc32)c(C(F)(F)F)nc1CN1CC2(CC(C(=O)O)C2)C1. The summed E-state index contributed by atoms with van der Waals surface area (Å²) in [7, 11) is 1.33. The predicted molar refractivity (Wildman–Crippen MR) is 215 cm³/mol. The largest absolute Gasteiger partial charge is 0.481 e. The highest BCUT2D eigenvalue weighted by molar-refractivity contribution is 6.36. The first kappa shape index (κ1) is 41.1. The van der Waals surface area contributed by atoms with E-state index >= 15 is 0 Å². The normalized spacial score (nSPS) is 20.2. The molecule has 320 valence electrons. The Morgan fingerprint density at radius 2 is 1.79 bits per heavy atom. The Hall–Kier alpha value is -5.30. The summed E-state index contributed by atoms with van der Waals surface area (Å²) in [4.78, 5) is 36.4. The Morgan fingerprint density at radius 1 is 1.02 bits per heavy atom. The number of carbonyl (C=O) groups is 1. The number of fused-ring (bicyclic) bond motifs is 2. The number of pyridine rings is 1. The Morgan fingerprint density at radius 3 is 2.49 bits per heavy atom. The van der Waals surface area contributed by atoms with E-state index in [4.69, 9.17) is 16.3 Å². The zero-order chi connectivity index (χ0) is 42.8. The van der Waals surface area contributed by atoms with Crippen molar-refractivity contribution in [1.82, 2.24) is 34.7 Å². The maximum atomic E-state index is 14.6. The van der Waals surface area contributed by atoms with Crippen LogP contribution in [-0.2, 0) is 30.5 Å². The summed E-state index contributed by atoms with van der Waals surface area (Å²) in [6, 6.07) is 11.9. The molecule has 0 radical (unpaired) electrons. The number of β-amino-alcohol motifs (C(OH)–C–C–N with tert-alkyl or cyclic N) is 1. The number of aromatic nitrogens is 5. The average Bonchev–Trinajstić information content (AvgIpc) is 3.80. The van der Waals surface area contributed by atoms with Gasteiger partial charge in [0.25, 0.3) is 6.43 Å². The third-order valence-corrected chi connectivity index (χ3v) is 12.6. The smallest absolute Gasteiger partial charge is 0.437 e. The second-order valence-corrected chi connectivity index (χ2v) is 16.9. The van der Waals surface area contributed by atoms with Crippen molar-refractivity contribution in [3.63, 3.8) is 0 Å². The van der Waals surface area contributed by atoms with Crippen molar-refractivity contribution in [2.45, 2.75) is 69.9 Å². The molecule has 1 spiro atoms. The van der Waals surface area contributed by atoms with Crippen LogP contribution in [0, 0.1) is 11.3 Å². The maximum Gasteiger partial charge on any atom is 0.437 e. The molecule has 13 nitrogen and oxygen atoms in total. The number of nitrogens with zero attached hydrogens (tertiary/aromatic N) is 7. The summed E-state index contributed by atoms with van der Waals surface area (Å²) in [6.45, 7) is 2.88. The molecule has 2 aromatic carbocycles. The van der Waals surface area contributed by atoms with Crippen LogP contribution in [-0.4, -0.2) is 90.3 Å². The van der Waals surface area contributed by atoms with Gasteiger partial charge in [0.15, 0.2) is 23.2 Å². The second kappa shape index (κ2) is 15.9. The van der Waals surface area contributed by atoms with Gasteiger partial charge in [-0.1, -0.05) is 41.9 Å². The van der Waals surface area contributed by atoms with Crippen molar-refractivity contribution >= 4 is 45.9 Å². The van der Waals surface area contributed by atoms with Crippen molar-refractivity contribution in [2.24, 2.45) is 11.3 Å². The summed E-state index contributed by atoms with van der Waals surface area (Å²) in [6.07, 6.45) is -3.89. The summed E-state index contributed by atoms with van der Waals surface area (Å²) in [5.74, 6) is -2.35. The number of halogens is 6. The monoisotopic (exact) mass is 865 g/mol. The fourth-order valence-electron chi connectivity index (χ4n) is 9.41. The lowest BCUT2D eigenvalue weighted by Crippen LogP contribution is -2.62. The summed E-state index contributed by atoms with van der Waals surface area (Å²) >= 11 is 7.06. The number of carboxylic acids is 1. The van der Waals surface area contributed by atoms with Gasteiger partial charge in [-0.25, -0.2) is 23.7 Å². The Bertz CT molecular complexity index is 2520. The fraction of sp³-hybridized carbons (Fsp3) is 0.429. The van der Waals surface area contributed by atoms with Crippen molar-refractivity contribution < 1.29 is 41.7 Å². The lowest BCUT2D eigenvalue weighted by atomic mass is 9.58. The van der Waals surface area contributed by atoms with E-state index in [2.05, 4.69) is 40.5 Å². The van der Waals surface area contributed by atoms with Gasteiger partial charge in [0.05, 0.1) is 41.4 Å². The van der Waals surface area contributed by atoms with Crippen LogP contribution >= 0.6 is 11.6 Å². The van der Waals surface area contributed by atoms with Gasteiger partial charge < -0.3 is 25.6 Å². The van der Waals surface area contributed by atoms with Gasteiger partial charge in [0, 0.05) is 51.0 Å². The molecule has 4 aliphatic rings. The summed E-state index contributed by atoms with van der Waals surface area (Å²) < 4.78 is 77.5. The van der Waals surface area contributed by atoms with Gasteiger partial charge in [0.1, 0.15) is 11.2 Å². The standard InChI is InChI=1S/C42H41ClF5N9O4/c1-61-39-31(18-57-19-41(20-57)13-22(14-41)40(59)60)50-34(42(46,47)48)37(55-39)51-28-9-8-25-24(4-2-5-26(25)28)27-6-3-7-29(32(27)43)52-36-33-30(53-38(54-36)35(44)45)12-21(15-49-33)16-56-11-10-23(58)17-56/h2-7,12,15,22-23,28,35,58H,8-11,13-14,16-20H2,1H3,(H,51,55)(H,59,60)(H,52,53,54)/t23-,28+/m1/s1. The molecule has 61 heavy (non-hydrogen) atoms. The van der Waals surface area contributed by atoms with E-state index in [0.29, 0.717) is 76.1 Å². The van der Waals surface area contributed by atoms with E-state index < -0.39 is 48.1 Å². The molecule has 2 aliphatic carbocycles. The van der Waals surface area contributed by atoms with E-state index in [9.17, 15) is 37.0 Å². The highest BCUT2D eigenvalue weighted by Gasteiger charge is 2.54. The number of ether oxygens (including phenoxy) is 1. The first-order valence-corrected chi connectivity index (χ1v) is 20.3. The predicted octanol–water partition coefficient (Wildman–Crippen LogP) is 7.81. The van der Waals surface area contributed by atoms with Gasteiger partial charge in [-0.2, -0.15) is 18.2 Å². The van der Waals surface area contributed by atoms with E-state index in [-0.39, 0.29) is 51.3 Å². The van der Waals surface area contributed by atoms with Crippen LogP contribution in [0.1, 0.15) is 72.1 Å². The maximum absolute atomic E-state index is 14.6. The van der Waals surface area contributed by atoms with Crippen molar-refractivity contribution in [3.05, 3.63) is 87.6 Å². The molecule has 4 N–H and O–H groups in total. The molecular weight excluding hydrogens is 825 g/mol. The zero-order valence-electron chi connectivity index (χ0n) is 32.8. The van der Waals surface area contributed by atoms with Gasteiger partial charge >= 0.3 is 12.1 Å². The van der Waals surface area contributed by atoms with Crippen LogP contribution in [0.2, 0.25) is 5.02 Å². The molecule has 2 saturated heterocycles. The quantitative estimate of drug-likeness (QED) is 0.0900. The number of hydrogen-bond acceptors (Lipinski definition) is 12. The van der Waals surface area contributed by atoms with E-state index in [1.165, 1.54) is 7.11 Å². The first-order chi connectivity index (χ1) is 29.2. The molecule has 0 bridgehead atoms. The highest BCUT2D eigenvalue weighted by Crippen LogP contribution is 2.52. The molecule has 19 heteroatoms. The van der Waals surface area contributed by atoms with Crippen molar-refractivity contribution in [2.75, 3.05) is 43.9 Å². The minimum atomic E-state index is -4.83. The molecular formula is C42H41ClF5N9O4. The lowest BCUT2D eigenvalue weighted by molar-refractivity contribution is -0.161. The van der Waals surface area contributed by atoms with Gasteiger partial charge in [-0.05, 0) is 71.9 Å². The van der Waals surface area contributed by atoms with Crippen LogP contribution in [0.15, 0.2) is 48.7 Å². The minimum absolute atomic E-state index is 0.0351. The first-order valence-electron chi connectivity index (χ1n) is 19.9. The van der Waals surface area contributed by atoms with Gasteiger partial charge in [-0.3, -0.25) is 19.6 Å². The third-order valence-electron chi connectivity index (χ3n) is 12.2. The Labute approximate surface area is 351 Å². The topological polar surface area (TPSA) is 162 Å². The number of benzene rings is 2. The molecule has 0 unspecified atom stereocenters. The third kappa shape index (κ3) is 8.01. The molecule has 5 heterocycles. The highest BCUT2D eigenvalue weighted by atomic mass is 35.5. The van der Waals surface area contributed by atoms with Crippen molar-refractivity contribution in [1.29, 1.82) is 0 Å². The van der Waals surface area contributed by atoms with E-state index in [1.807, 2.05) is 17.0 Å². The number of aliphatic carboxylic acids is 1. The number of aliphatic hydroxyl groups is 1. The Kier molecular flexibility index (Phi) is 10.7. The number of likely N-dealkylation sites (tertiary alicyclic amines) is 2. The number of hydrogen-bond donors (Lipinski definition) is 4. The minimum Gasteiger partial charge on any atom is -0.481 e. The second-order valence-electron chi connectivity index (χ2n) is 16.5. The molecule has 5 aromatic rings. The number of methoxy groups -OCH3 is 1. The van der Waals surface area contributed by atoms with Crippen LogP contribution in [0.25, 0.3) is 22.2 Å². The Balaban J connectivity index is 0.963. The molecule has 3 fully saturated rings. The number of rotatable bonds is 12. The molecule has 3 aromatic heterocycles. The van der Waals surface area contributed by atoms with E-state index in [1.54, 1.807) is 36.5 Å². The summed E-state index contributed by atoms with van der Waals surface area (Å²) in [5, 5.41) is 25.6. The average molecular weight is 866 g/mol. The van der Waals surface area contributed by atoms with Crippen LogP contribution in [0.5, 0.6) is 5.88 Å². The van der Waals surface area contributed by atoms with Crippen LogP contribution < -0.4 is 15.4 Å². The molecule has 2 atom stereocenters. The molecule has 0 amide bonds. The van der Waals surface area contributed by atoms with E-state index in [0.717, 1.165) is 22.3 Å². The summed E-state index contributed by atoms with van der Waals surface area (Å²) in [5.41, 5.74) is 3.32. The molecule has 9 rings (SSSR count). The number of carboxylic acid groups (broad SMARTS) is 1. The number of nitrogens with one attached hydrogen (secondary N) is 2. The fourth-order valence-corrected chi connectivity index (χ4v) is 9.69. The van der Waals surface area contributed by atoms with Crippen LogP contribution in [0.4, 0.5) is 39.3 Å². The zero-order valence-corrected chi connectivity index (χ0v) is 33.6. The van der Waals surface area contributed by atoms with Gasteiger partial charge in [0.2, 0.25) is 5.88 Å². The van der Waals surface area contributed by atoms with Gasteiger partial charge in [-0.15, -0.1) is 0 Å². The number of aliphatic hydroxyl groups excluding tert-OH is 1. The lowest BCUT2D eigenvalue weighted by Gasteiger charge is -2.58. The van der Waals surface area contributed by atoms with Crippen LogP contribution in [0.3, 0.4) is 0 Å². The molecule has 1 saturated carbocycles.